The van der Waals surface area contributed by atoms with E-state index < -0.39 is 0 Å². The molecule has 0 amide bonds. The lowest BCUT2D eigenvalue weighted by atomic mass is 9.72. The van der Waals surface area contributed by atoms with Crippen molar-refractivity contribution < 1.29 is 0 Å². The number of aromatic nitrogens is 6. The molecule has 0 saturated carbocycles. The minimum absolute atomic E-state index is 0. The highest BCUT2D eigenvalue weighted by molar-refractivity contribution is 6.33. The summed E-state index contributed by atoms with van der Waals surface area (Å²) in [5, 5.41) is 14.2. The van der Waals surface area contributed by atoms with Gasteiger partial charge in [0.25, 0.3) is 0 Å². The van der Waals surface area contributed by atoms with E-state index in [4.69, 9.17) is 34.8 Å². The zero-order valence-electron chi connectivity index (χ0n) is 29.8. The second-order valence-electron chi connectivity index (χ2n) is 13.2. The van der Waals surface area contributed by atoms with Crippen LogP contribution in [0.15, 0.2) is 85.7 Å². The van der Waals surface area contributed by atoms with Crippen molar-refractivity contribution in [3.63, 3.8) is 0 Å². The summed E-state index contributed by atoms with van der Waals surface area (Å²) in [6.45, 7) is 6.15. The van der Waals surface area contributed by atoms with Gasteiger partial charge < -0.3 is 30.8 Å². The third-order valence-electron chi connectivity index (χ3n) is 10.2. The maximum absolute atomic E-state index is 6.08. The quantitative estimate of drug-likeness (QED) is 0.103. The van der Waals surface area contributed by atoms with Crippen LogP contribution in [0.5, 0.6) is 0 Å². The number of fused-ring (bicyclic) bond motifs is 2. The molecule has 2 aliphatic rings. The highest BCUT2D eigenvalue weighted by Crippen LogP contribution is 2.38. The number of nitrogens with one attached hydrogen (secondary N) is 5. The summed E-state index contributed by atoms with van der Waals surface area (Å²) in [5.74, 6) is 1.03. The monoisotopic (exact) mass is 818 g/mol. The molecule has 8 rings (SSSR count). The van der Waals surface area contributed by atoms with E-state index in [9.17, 15) is 0 Å². The van der Waals surface area contributed by atoms with Crippen molar-refractivity contribution in [1.29, 1.82) is 0 Å². The standard InChI is InChI=1S/C19H22ClN5.C13H19ClN2.C6H4ClN3.2ClH/c1-21-12-19(14-2-4-15(20)5-3-14)7-10-25(11-8-19)18-16-6-9-22-17(16)23-13-24-18;1-15-10-13(6-8-16-9-7-13)11-2-4-12(14)5-3-11;7-5-4-1-2-8-6(4)10-3-9-5;;/h2-6,9,13,21H,7-8,10-12H2,1H3,(H,22,23,24);2-5,15-16H,6-10H2,1H3;1-3H,(H,8,9,10);2*1H. The minimum Gasteiger partial charge on any atom is -0.356 e. The van der Waals surface area contributed by atoms with Crippen LogP contribution in [0, 0.1) is 0 Å². The molecule has 10 nitrogen and oxygen atoms in total. The second-order valence-corrected chi connectivity index (χ2v) is 14.4. The van der Waals surface area contributed by atoms with Crippen LogP contribution >= 0.6 is 59.6 Å². The third kappa shape index (κ3) is 10.1. The van der Waals surface area contributed by atoms with E-state index in [2.05, 4.69) is 81.1 Å². The molecule has 0 radical (unpaired) electrons. The van der Waals surface area contributed by atoms with Crippen LogP contribution in [0.3, 0.4) is 0 Å². The van der Waals surface area contributed by atoms with Gasteiger partial charge in [-0.15, -0.1) is 24.8 Å². The number of aromatic amines is 2. The molecule has 2 aliphatic heterocycles. The van der Waals surface area contributed by atoms with E-state index in [0.717, 1.165) is 90.0 Å². The van der Waals surface area contributed by atoms with Gasteiger partial charge in [-0.25, -0.2) is 19.9 Å². The molecule has 53 heavy (non-hydrogen) atoms. The molecule has 5 N–H and O–H groups in total. The van der Waals surface area contributed by atoms with Crippen molar-refractivity contribution >= 4 is 87.5 Å². The first-order valence-corrected chi connectivity index (χ1v) is 18.5. The number of nitrogens with zero attached hydrogens (tertiary/aromatic N) is 5. The molecule has 2 saturated heterocycles. The van der Waals surface area contributed by atoms with E-state index in [1.807, 2.05) is 50.6 Å². The van der Waals surface area contributed by atoms with Crippen LogP contribution < -0.4 is 20.9 Å². The number of rotatable bonds is 7. The fourth-order valence-electron chi connectivity index (χ4n) is 7.42. The van der Waals surface area contributed by atoms with Gasteiger partial charge in [0.15, 0.2) is 0 Å². The van der Waals surface area contributed by atoms with Crippen molar-refractivity contribution in [1.82, 2.24) is 45.9 Å². The Labute approximate surface area is 338 Å². The van der Waals surface area contributed by atoms with Gasteiger partial charge in [-0.2, -0.15) is 0 Å². The van der Waals surface area contributed by atoms with Gasteiger partial charge in [0.1, 0.15) is 34.9 Å². The Balaban J connectivity index is 0.000000192. The maximum Gasteiger partial charge on any atom is 0.142 e. The smallest absolute Gasteiger partial charge is 0.142 e. The highest BCUT2D eigenvalue weighted by Gasteiger charge is 2.36. The topological polar surface area (TPSA) is 122 Å². The fraction of sp³-hybridized carbons (Fsp3) is 0.368. The number of benzene rings is 2. The predicted molar refractivity (Wildman–Crippen MR) is 225 cm³/mol. The van der Waals surface area contributed by atoms with Crippen LogP contribution in [-0.4, -0.2) is 83.3 Å². The first kappa shape index (κ1) is 42.6. The molecule has 2 aromatic carbocycles. The van der Waals surface area contributed by atoms with E-state index in [1.165, 1.54) is 30.3 Å². The van der Waals surface area contributed by atoms with Gasteiger partial charge in [0.2, 0.25) is 0 Å². The highest BCUT2D eigenvalue weighted by atomic mass is 35.5. The van der Waals surface area contributed by atoms with E-state index in [0.29, 0.717) is 5.15 Å². The van der Waals surface area contributed by atoms with Crippen LogP contribution in [0.4, 0.5) is 5.82 Å². The van der Waals surface area contributed by atoms with Gasteiger partial charge >= 0.3 is 0 Å². The third-order valence-corrected chi connectivity index (χ3v) is 11.0. The van der Waals surface area contributed by atoms with E-state index in [1.54, 1.807) is 12.5 Å². The number of piperidine rings is 2. The normalized spacial score (nSPS) is 16.0. The molecule has 0 atom stereocenters. The Morgan fingerprint density at radius 1 is 0.623 bits per heavy atom. The molecule has 0 bridgehead atoms. The number of H-pyrrole nitrogens is 2. The fourth-order valence-corrected chi connectivity index (χ4v) is 7.87. The van der Waals surface area contributed by atoms with Crippen molar-refractivity contribution in [2.24, 2.45) is 0 Å². The zero-order valence-corrected chi connectivity index (χ0v) is 33.7. The van der Waals surface area contributed by atoms with Gasteiger partial charge in [0.05, 0.1) is 10.8 Å². The largest absolute Gasteiger partial charge is 0.356 e. The van der Waals surface area contributed by atoms with Crippen molar-refractivity contribution in [3.05, 3.63) is 112 Å². The zero-order chi connectivity index (χ0) is 35.7. The molecule has 15 heteroatoms. The van der Waals surface area contributed by atoms with Gasteiger partial charge in [-0.3, -0.25) is 0 Å². The molecular formula is C38H47Cl5N10. The lowest BCUT2D eigenvalue weighted by Crippen LogP contribution is -2.47. The molecule has 6 heterocycles. The van der Waals surface area contributed by atoms with Crippen molar-refractivity contribution in [2.45, 2.75) is 36.5 Å². The van der Waals surface area contributed by atoms with Gasteiger partial charge in [0, 0.05) is 59.4 Å². The van der Waals surface area contributed by atoms with E-state index >= 15 is 0 Å². The summed E-state index contributed by atoms with van der Waals surface area (Å²) >= 11 is 17.8. The lowest BCUT2D eigenvalue weighted by molar-refractivity contribution is 0.300. The Morgan fingerprint density at radius 3 is 1.60 bits per heavy atom. The van der Waals surface area contributed by atoms with Crippen LogP contribution in [-0.2, 0) is 10.8 Å². The SMILES string of the molecule is CNCC1(c2ccc(Cl)cc2)CCN(c2ncnc3[nH]ccc23)CC1.CNCC1(c2ccc(Cl)cc2)CCNCC1.Cl.Cl.Clc1ncnc2[nH]ccc12. The van der Waals surface area contributed by atoms with Crippen LogP contribution in [0.25, 0.3) is 22.1 Å². The van der Waals surface area contributed by atoms with Crippen LogP contribution in [0.1, 0.15) is 36.8 Å². The van der Waals surface area contributed by atoms with Gasteiger partial charge in [-0.1, -0.05) is 59.1 Å². The molecule has 6 aromatic rings. The Bertz CT molecular complexity index is 1960. The molecule has 0 aliphatic carbocycles. The maximum atomic E-state index is 6.08. The summed E-state index contributed by atoms with van der Waals surface area (Å²) in [6.07, 6.45) is 11.3. The summed E-state index contributed by atoms with van der Waals surface area (Å²) < 4.78 is 0. The Morgan fingerprint density at radius 2 is 1.09 bits per heavy atom. The summed E-state index contributed by atoms with van der Waals surface area (Å²) in [4.78, 5) is 25.1. The Hall–Kier alpha value is -3.19. The molecule has 4 aromatic heterocycles. The molecule has 284 valence electrons. The van der Waals surface area contributed by atoms with Gasteiger partial charge in [-0.05, 0) is 100 Å². The first-order valence-electron chi connectivity index (χ1n) is 17.3. The average Bonchev–Trinajstić information content (AvgIpc) is 3.85. The number of hydrogen-bond donors (Lipinski definition) is 5. The van der Waals surface area contributed by atoms with Crippen molar-refractivity contribution in [3.8, 4) is 0 Å². The van der Waals surface area contributed by atoms with Crippen LogP contribution in [0.2, 0.25) is 15.2 Å². The number of halogens is 5. The molecule has 2 fully saturated rings. The average molecular weight is 821 g/mol. The number of hydrogen-bond acceptors (Lipinski definition) is 8. The first-order chi connectivity index (χ1) is 24.9. The number of anilines is 1. The molecule has 0 spiro atoms. The van der Waals surface area contributed by atoms with E-state index in [-0.39, 0.29) is 35.6 Å². The summed E-state index contributed by atoms with van der Waals surface area (Å²) in [7, 11) is 4.05. The second kappa shape index (κ2) is 19.9. The summed E-state index contributed by atoms with van der Waals surface area (Å²) in [6, 6.07) is 20.6. The van der Waals surface area contributed by atoms with Crippen molar-refractivity contribution in [2.75, 3.05) is 58.3 Å². The Kier molecular flexibility index (Phi) is 16.0. The molecular weight excluding hydrogens is 774 g/mol. The minimum atomic E-state index is 0. The number of likely N-dealkylation sites (N-methyl/N-ethyl adjacent to an activating group) is 2. The lowest BCUT2D eigenvalue weighted by Gasteiger charge is -2.43. The predicted octanol–water partition coefficient (Wildman–Crippen LogP) is 8.00. The molecule has 0 unspecified atom stereocenters. The summed E-state index contributed by atoms with van der Waals surface area (Å²) in [5.41, 5.74) is 4.87.